The molecule has 3 aromatic rings. The van der Waals surface area contributed by atoms with Crippen molar-refractivity contribution in [1.29, 1.82) is 0 Å². The molecule has 3 N–H and O–H groups in total. The Kier molecular flexibility index (Phi) is 2.68. The number of fused-ring (bicyclic) bond motifs is 1. The molecule has 0 spiro atoms. The van der Waals surface area contributed by atoms with E-state index >= 15 is 0 Å². The zero-order valence-corrected chi connectivity index (χ0v) is 10.3. The summed E-state index contributed by atoms with van der Waals surface area (Å²) in [5.74, 6) is 1.96. The van der Waals surface area contributed by atoms with Crippen LogP contribution in [0.2, 0.25) is 0 Å². The van der Waals surface area contributed by atoms with Gasteiger partial charge < -0.3 is 15.1 Å². The van der Waals surface area contributed by atoms with E-state index in [9.17, 15) is 0 Å². The third-order valence-corrected chi connectivity index (χ3v) is 3.34. The average molecular weight is 240 g/mol. The summed E-state index contributed by atoms with van der Waals surface area (Å²) in [4.78, 5) is 3.28. The molecule has 0 radical (unpaired) electrons. The van der Waals surface area contributed by atoms with Crippen molar-refractivity contribution in [3.05, 3.63) is 59.7 Å². The third kappa shape index (κ3) is 1.73. The Morgan fingerprint density at radius 1 is 1.22 bits per heavy atom. The van der Waals surface area contributed by atoms with Crippen molar-refractivity contribution in [3.8, 4) is 0 Å². The summed E-state index contributed by atoms with van der Waals surface area (Å²) in [5, 5.41) is 1.21. The second-order valence-corrected chi connectivity index (χ2v) is 4.53. The minimum Gasteiger partial charge on any atom is -0.466 e. The summed E-state index contributed by atoms with van der Waals surface area (Å²) in [6.07, 6.45) is 2.03. The number of aromatic nitrogens is 1. The maximum atomic E-state index is 5.92. The molecule has 0 fully saturated rings. The van der Waals surface area contributed by atoms with Crippen LogP contribution in [0.5, 0.6) is 0 Å². The molecule has 18 heavy (non-hydrogen) atoms. The van der Waals surface area contributed by atoms with Crippen LogP contribution < -0.4 is 5.73 Å². The highest BCUT2D eigenvalue weighted by molar-refractivity contribution is 5.84. The van der Waals surface area contributed by atoms with Gasteiger partial charge in [0, 0.05) is 23.6 Å². The van der Waals surface area contributed by atoms with E-state index in [2.05, 4.69) is 17.1 Å². The molecule has 0 bridgehead atoms. The second kappa shape index (κ2) is 4.35. The van der Waals surface area contributed by atoms with Crippen molar-refractivity contribution in [1.82, 2.24) is 4.98 Å². The molecular weight excluding hydrogens is 224 g/mol. The van der Waals surface area contributed by atoms with Crippen LogP contribution in [0.1, 0.15) is 23.0 Å². The van der Waals surface area contributed by atoms with Gasteiger partial charge in [0.15, 0.2) is 0 Å². The standard InChI is InChI=1S/C15H16N2O/c1-10-6-7-15(18-10)12(8-16)13-9-17-14-5-3-2-4-11(13)14/h2-7,9,12,17H,8,16H2,1H3/t12-/m1/s1. The monoisotopic (exact) mass is 240 g/mol. The number of nitrogens with one attached hydrogen (secondary N) is 1. The first-order chi connectivity index (χ1) is 8.79. The minimum atomic E-state index is 0.106. The number of hydrogen-bond acceptors (Lipinski definition) is 2. The van der Waals surface area contributed by atoms with Gasteiger partial charge in [0.1, 0.15) is 11.5 Å². The quantitative estimate of drug-likeness (QED) is 0.738. The fourth-order valence-corrected chi connectivity index (χ4v) is 2.42. The Bertz CT molecular complexity index is 666. The molecule has 0 unspecified atom stereocenters. The first kappa shape index (κ1) is 11.1. The van der Waals surface area contributed by atoms with Gasteiger partial charge in [-0.25, -0.2) is 0 Å². The molecule has 1 atom stereocenters. The first-order valence-electron chi connectivity index (χ1n) is 6.12. The van der Waals surface area contributed by atoms with Crippen molar-refractivity contribution >= 4 is 10.9 Å². The van der Waals surface area contributed by atoms with Crippen molar-refractivity contribution < 1.29 is 4.42 Å². The number of rotatable bonds is 3. The van der Waals surface area contributed by atoms with E-state index in [1.54, 1.807) is 0 Å². The molecule has 92 valence electrons. The van der Waals surface area contributed by atoms with Crippen LogP contribution in [0.3, 0.4) is 0 Å². The fraction of sp³-hybridized carbons (Fsp3) is 0.200. The molecule has 0 aliphatic carbocycles. The predicted molar refractivity (Wildman–Crippen MR) is 72.6 cm³/mol. The van der Waals surface area contributed by atoms with E-state index in [0.29, 0.717) is 6.54 Å². The van der Waals surface area contributed by atoms with Crippen molar-refractivity contribution in [2.24, 2.45) is 5.73 Å². The van der Waals surface area contributed by atoms with E-state index in [-0.39, 0.29) is 5.92 Å². The largest absolute Gasteiger partial charge is 0.466 e. The molecule has 0 saturated heterocycles. The fourth-order valence-electron chi connectivity index (χ4n) is 2.42. The number of H-pyrrole nitrogens is 1. The van der Waals surface area contributed by atoms with Gasteiger partial charge in [-0.05, 0) is 30.7 Å². The van der Waals surface area contributed by atoms with Crippen LogP contribution in [0.15, 0.2) is 47.0 Å². The normalized spacial score (nSPS) is 13.0. The summed E-state index contributed by atoms with van der Waals surface area (Å²) >= 11 is 0. The van der Waals surface area contributed by atoms with Crippen LogP contribution >= 0.6 is 0 Å². The van der Waals surface area contributed by atoms with Crippen molar-refractivity contribution in [3.63, 3.8) is 0 Å². The van der Waals surface area contributed by atoms with E-state index in [1.165, 1.54) is 10.9 Å². The highest BCUT2D eigenvalue weighted by atomic mass is 16.3. The van der Waals surface area contributed by atoms with E-state index < -0.39 is 0 Å². The average Bonchev–Trinajstić information content (AvgIpc) is 2.98. The summed E-state index contributed by atoms with van der Waals surface area (Å²) in [6.45, 7) is 2.49. The third-order valence-electron chi connectivity index (χ3n) is 3.34. The lowest BCUT2D eigenvalue weighted by Crippen LogP contribution is -2.12. The van der Waals surface area contributed by atoms with Gasteiger partial charge in [0.05, 0.1) is 5.92 Å². The highest BCUT2D eigenvalue weighted by Crippen LogP contribution is 2.30. The number of benzene rings is 1. The summed E-state index contributed by atoms with van der Waals surface area (Å²) in [6, 6.07) is 12.2. The van der Waals surface area contributed by atoms with Crippen molar-refractivity contribution in [2.75, 3.05) is 6.54 Å². The second-order valence-electron chi connectivity index (χ2n) is 4.53. The van der Waals surface area contributed by atoms with Crippen LogP contribution in [0.25, 0.3) is 10.9 Å². The number of aryl methyl sites for hydroxylation is 1. The highest BCUT2D eigenvalue weighted by Gasteiger charge is 2.19. The number of furan rings is 1. The molecule has 2 heterocycles. The van der Waals surface area contributed by atoms with Gasteiger partial charge in [0.25, 0.3) is 0 Å². The zero-order chi connectivity index (χ0) is 12.5. The van der Waals surface area contributed by atoms with Gasteiger partial charge in [0.2, 0.25) is 0 Å². The van der Waals surface area contributed by atoms with Gasteiger partial charge >= 0.3 is 0 Å². The Morgan fingerprint density at radius 2 is 2.06 bits per heavy atom. The molecule has 1 aromatic carbocycles. The SMILES string of the molecule is Cc1ccc([C@H](CN)c2c[nH]c3ccccc23)o1. The van der Waals surface area contributed by atoms with E-state index in [1.807, 2.05) is 37.4 Å². The van der Waals surface area contributed by atoms with Crippen molar-refractivity contribution in [2.45, 2.75) is 12.8 Å². The Morgan fingerprint density at radius 3 is 2.78 bits per heavy atom. The lowest BCUT2D eigenvalue weighted by Gasteiger charge is -2.11. The van der Waals surface area contributed by atoms with Gasteiger partial charge in [-0.15, -0.1) is 0 Å². The first-order valence-corrected chi connectivity index (χ1v) is 6.12. The molecule has 2 aromatic heterocycles. The molecule has 0 amide bonds. The zero-order valence-electron chi connectivity index (χ0n) is 10.3. The van der Waals surface area contributed by atoms with E-state index in [4.69, 9.17) is 10.2 Å². The number of para-hydroxylation sites is 1. The lowest BCUT2D eigenvalue weighted by atomic mass is 9.96. The molecule has 0 aliphatic rings. The topological polar surface area (TPSA) is 55.0 Å². The molecular formula is C15H16N2O. The van der Waals surface area contributed by atoms with Gasteiger partial charge in [-0.1, -0.05) is 18.2 Å². The van der Waals surface area contributed by atoms with Gasteiger partial charge in [-0.2, -0.15) is 0 Å². The maximum Gasteiger partial charge on any atom is 0.112 e. The molecule has 0 saturated carbocycles. The molecule has 3 nitrogen and oxygen atoms in total. The summed E-state index contributed by atoms with van der Waals surface area (Å²) < 4.78 is 5.72. The summed E-state index contributed by atoms with van der Waals surface area (Å²) in [5.41, 5.74) is 8.25. The minimum absolute atomic E-state index is 0.106. The molecule has 3 heteroatoms. The Hall–Kier alpha value is -2.00. The Labute approximate surface area is 106 Å². The number of hydrogen-bond donors (Lipinski definition) is 2. The smallest absolute Gasteiger partial charge is 0.112 e. The van der Waals surface area contributed by atoms with Crippen LogP contribution in [-0.2, 0) is 0 Å². The van der Waals surface area contributed by atoms with Gasteiger partial charge in [-0.3, -0.25) is 0 Å². The Balaban J connectivity index is 2.11. The predicted octanol–water partition coefficient (Wildman–Crippen LogP) is 3.16. The maximum absolute atomic E-state index is 5.92. The summed E-state index contributed by atoms with van der Waals surface area (Å²) in [7, 11) is 0. The van der Waals surface area contributed by atoms with Crippen LogP contribution in [-0.4, -0.2) is 11.5 Å². The van der Waals surface area contributed by atoms with Crippen LogP contribution in [0.4, 0.5) is 0 Å². The molecule has 3 rings (SSSR count). The van der Waals surface area contributed by atoms with E-state index in [0.717, 1.165) is 17.0 Å². The number of nitrogens with two attached hydrogens (primary N) is 1. The van der Waals surface area contributed by atoms with Crippen LogP contribution in [0, 0.1) is 6.92 Å². The lowest BCUT2D eigenvalue weighted by molar-refractivity contribution is 0.465. The molecule has 0 aliphatic heterocycles. The number of aromatic amines is 1.